The van der Waals surface area contributed by atoms with Crippen molar-refractivity contribution in [3.05, 3.63) is 35.6 Å². The fourth-order valence-corrected chi connectivity index (χ4v) is 4.60. The second-order valence-electron chi connectivity index (χ2n) is 7.84. The third-order valence-electron chi connectivity index (χ3n) is 6.19. The summed E-state index contributed by atoms with van der Waals surface area (Å²) >= 11 is 0. The third kappa shape index (κ3) is 3.18. The Bertz CT molecular complexity index is 623. The fraction of sp³-hybridized carbons (Fsp3) is 0.700. The smallest absolute Gasteiger partial charge is 0.206 e. The molecule has 5 nitrogen and oxygen atoms in total. The van der Waals surface area contributed by atoms with Gasteiger partial charge in [0.15, 0.2) is 11.9 Å². The van der Waals surface area contributed by atoms with Crippen LogP contribution >= 0.6 is 0 Å². The van der Waals surface area contributed by atoms with Crippen molar-refractivity contribution >= 4 is 0 Å². The van der Waals surface area contributed by atoms with Crippen molar-refractivity contribution in [2.24, 2.45) is 11.8 Å². The summed E-state index contributed by atoms with van der Waals surface area (Å²) in [7, 11) is 1.67. The van der Waals surface area contributed by atoms with Crippen LogP contribution < -0.4 is 0 Å². The van der Waals surface area contributed by atoms with Gasteiger partial charge < -0.3 is 14.2 Å². The van der Waals surface area contributed by atoms with Gasteiger partial charge in [-0.15, -0.1) is 0 Å². The number of fused-ring (bicyclic) bond motifs is 3. The lowest BCUT2D eigenvalue weighted by Crippen LogP contribution is -2.60. The van der Waals surface area contributed by atoms with Crippen LogP contribution in [0.2, 0.25) is 0 Å². The van der Waals surface area contributed by atoms with Crippen LogP contribution in [0.4, 0.5) is 4.39 Å². The lowest BCUT2D eigenvalue weighted by atomic mass is 9.71. The van der Waals surface area contributed by atoms with Crippen molar-refractivity contribution in [3.8, 4) is 0 Å². The lowest BCUT2D eigenvalue weighted by molar-refractivity contribution is -0.554. The molecule has 3 heterocycles. The highest BCUT2D eigenvalue weighted by Crippen LogP contribution is 2.54. The summed E-state index contributed by atoms with van der Waals surface area (Å²) in [4.78, 5) is 11.7. The summed E-state index contributed by atoms with van der Waals surface area (Å²) in [6.07, 6.45) is 4.73. The van der Waals surface area contributed by atoms with Crippen molar-refractivity contribution in [1.29, 1.82) is 0 Å². The Hall–Kier alpha value is -1.05. The van der Waals surface area contributed by atoms with E-state index in [2.05, 4.69) is 0 Å². The number of hydrogen-bond donors (Lipinski definition) is 0. The number of rotatable bonds is 5. The molecule has 2 bridgehead atoms. The minimum absolute atomic E-state index is 0.0353. The molecule has 6 heteroatoms. The second-order valence-corrected chi connectivity index (χ2v) is 7.84. The first-order valence-corrected chi connectivity index (χ1v) is 9.45. The molecule has 5 rings (SSSR count). The third-order valence-corrected chi connectivity index (χ3v) is 6.19. The molecule has 1 aliphatic carbocycles. The molecular formula is C20H27FO5. The maximum absolute atomic E-state index is 13.0. The predicted molar refractivity (Wildman–Crippen MR) is 91.3 cm³/mol. The molecule has 0 aromatic heterocycles. The molecule has 0 radical (unpaired) electrons. The van der Waals surface area contributed by atoms with Crippen LogP contribution in [0.3, 0.4) is 0 Å². The summed E-state index contributed by atoms with van der Waals surface area (Å²) in [5.41, 5.74) is 0.426. The monoisotopic (exact) mass is 366 g/mol. The number of ether oxygens (including phenoxy) is 3. The summed E-state index contributed by atoms with van der Waals surface area (Å²) in [5.74, 6) is -0.779. The van der Waals surface area contributed by atoms with Crippen LogP contribution in [0.15, 0.2) is 24.3 Å². The molecule has 5 atom stereocenters. The lowest BCUT2D eigenvalue weighted by Gasteiger charge is -2.49. The van der Waals surface area contributed by atoms with Gasteiger partial charge in [-0.2, -0.15) is 0 Å². The number of methoxy groups -OCH3 is 1. The van der Waals surface area contributed by atoms with Crippen molar-refractivity contribution in [2.75, 3.05) is 13.7 Å². The molecule has 0 unspecified atom stereocenters. The van der Waals surface area contributed by atoms with E-state index in [1.54, 1.807) is 19.2 Å². The van der Waals surface area contributed by atoms with E-state index >= 15 is 0 Å². The zero-order valence-electron chi connectivity index (χ0n) is 15.4. The average Bonchev–Trinajstić information content (AvgIpc) is 2.84. The van der Waals surface area contributed by atoms with E-state index in [4.69, 9.17) is 24.0 Å². The van der Waals surface area contributed by atoms with Crippen LogP contribution in [0.25, 0.3) is 0 Å². The van der Waals surface area contributed by atoms with Crippen molar-refractivity contribution in [2.45, 2.75) is 63.3 Å². The van der Waals surface area contributed by atoms with Gasteiger partial charge in [0.2, 0.25) is 5.79 Å². The van der Waals surface area contributed by atoms with Crippen LogP contribution in [0.1, 0.15) is 44.6 Å². The zero-order chi connectivity index (χ0) is 18.2. The molecule has 3 aliphatic heterocycles. The Morgan fingerprint density at radius 1 is 1.19 bits per heavy atom. The van der Waals surface area contributed by atoms with Gasteiger partial charge >= 0.3 is 0 Å². The molecule has 26 heavy (non-hydrogen) atoms. The van der Waals surface area contributed by atoms with Gasteiger partial charge in [-0.3, -0.25) is 0 Å². The highest BCUT2D eigenvalue weighted by molar-refractivity contribution is 5.15. The molecule has 0 amide bonds. The molecule has 0 N–H and O–H groups in total. The molecule has 1 saturated carbocycles. The zero-order valence-corrected chi connectivity index (χ0v) is 15.4. The van der Waals surface area contributed by atoms with Crippen molar-refractivity contribution in [1.82, 2.24) is 0 Å². The Kier molecular flexibility index (Phi) is 5.05. The second kappa shape index (κ2) is 7.17. The van der Waals surface area contributed by atoms with Gasteiger partial charge in [-0.1, -0.05) is 25.0 Å². The quantitative estimate of drug-likeness (QED) is 0.738. The molecule has 4 fully saturated rings. The van der Waals surface area contributed by atoms with E-state index in [9.17, 15) is 4.39 Å². The number of benzene rings is 1. The normalized spacial score (nSPS) is 39.4. The Balaban J connectivity index is 1.47. The van der Waals surface area contributed by atoms with Crippen LogP contribution in [-0.2, 0) is 30.6 Å². The predicted octanol–water partition coefficient (Wildman–Crippen LogP) is 3.96. The summed E-state index contributed by atoms with van der Waals surface area (Å²) in [6, 6.07) is 6.37. The molecule has 1 aromatic carbocycles. The first-order valence-electron chi connectivity index (χ1n) is 9.45. The van der Waals surface area contributed by atoms with Gasteiger partial charge in [-0.25, -0.2) is 14.2 Å². The number of halogens is 1. The van der Waals surface area contributed by atoms with Crippen LogP contribution in [-0.4, -0.2) is 31.4 Å². The van der Waals surface area contributed by atoms with E-state index in [0.29, 0.717) is 19.1 Å². The van der Waals surface area contributed by atoms with Crippen molar-refractivity contribution in [3.63, 3.8) is 0 Å². The number of hydrogen-bond acceptors (Lipinski definition) is 5. The Morgan fingerprint density at radius 3 is 2.77 bits per heavy atom. The van der Waals surface area contributed by atoms with Gasteiger partial charge in [0.25, 0.3) is 0 Å². The van der Waals surface area contributed by atoms with Crippen molar-refractivity contribution < 1.29 is 28.4 Å². The Labute approximate surface area is 153 Å². The van der Waals surface area contributed by atoms with E-state index in [1.165, 1.54) is 18.6 Å². The largest absolute Gasteiger partial charge is 0.376 e. The fourth-order valence-electron chi connectivity index (χ4n) is 4.60. The minimum Gasteiger partial charge on any atom is -0.376 e. The highest BCUT2D eigenvalue weighted by Gasteiger charge is 2.62. The molecular weight excluding hydrogens is 339 g/mol. The summed E-state index contributed by atoms with van der Waals surface area (Å²) < 4.78 is 30.9. The standard InChI is InChI=1S/C20H27FO5/c1-19-16(13-23-12-14-6-8-17(21)9-7-14)11-15-5-3-4-10-20(15,26-25-19)18(22-2)24-19/h6-9,15-16,18H,3-5,10-13H2,1-2H3/t15-,16-,18+,19-,20+/m1/s1. The summed E-state index contributed by atoms with van der Waals surface area (Å²) in [6.45, 7) is 2.81. The molecule has 4 aliphatic rings. The molecule has 3 saturated heterocycles. The maximum atomic E-state index is 13.0. The van der Waals surface area contributed by atoms with E-state index in [1.807, 2.05) is 6.92 Å². The van der Waals surface area contributed by atoms with Crippen LogP contribution in [0, 0.1) is 17.7 Å². The van der Waals surface area contributed by atoms with Gasteiger partial charge in [0, 0.05) is 13.0 Å². The minimum atomic E-state index is -0.897. The summed E-state index contributed by atoms with van der Waals surface area (Å²) in [5, 5.41) is 0. The van der Waals surface area contributed by atoms with E-state index < -0.39 is 17.7 Å². The molecule has 1 spiro atoms. The average molecular weight is 366 g/mol. The molecule has 1 aromatic rings. The topological polar surface area (TPSA) is 46.2 Å². The van der Waals surface area contributed by atoms with E-state index in [0.717, 1.165) is 31.2 Å². The maximum Gasteiger partial charge on any atom is 0.206 e. The first-order chi connectivity index (χ1) is 12.6. The van der Waals surface area contributed by atoms with Gasteiger partial charge in [0.05, 0.1) is 13.2 Å². The van der Waals surface area contributed by atoms with Gasteiger partial charge in [0.1, 0.15) is 5.82 Å². The van der Waals surface area contributed by atoms with Gasteiger partial charge in [-0.05, 0) is 49.8 Å². The highest BCUT2D eigenvalue weighted by atomic mass is 19.1. The Morgan fingerprint density at radius 2 is 2.00 bits per heavy atom. The molecule has 144 valence electrons. The van der Waals surface area contributed by atoms with E-state index in [-0.39, 0.29) is 11.7 Å². The first kappa shape index (κ1) is 18.3. The SMILES string of the molecule is CO[C@H]1O[C@]2(C)OO[C@]13CCCC[C@@H]3C[C@@H]2COCc1ccc(F)cc1. The van der Waals surface area contributed by atoms with Crippen LogP contribution in [0.5, 0.6) is 0 Å².